The Balaban J connectivity index is 0.000000730. The molecule has 11 heteroatoms. The first-order valence-electron chi connectivity index (χ1n) is 9.74. The summed E-state index contributed by atoms with van der Waals surface area (Å²) in [4.78, 5) is 21.7. The lowest BCUT2D eigenvalue weighted by atomic mass is 10.1. The molecule has 1 saturated heterocycles. The van der Waals surface area contributed by atoms with Gasteiger partial charge in [-0.2, -0.15) is 10.1 Å². The topological polar surface area (TPSA) is 139 Å². The highest BCUT2D eigenvalue weighted by molar-refractivity contribution is 6.02. The summed E-state index contributed by atoms with van der Waals surface area (Å²) in [6.07, 6.45) is 2.85. The smallest absolute Gasteiger partial charge is 0.290 e. The predicted octanol–water partition coefficient (Wildman–Crippen LogP) is 1.38. The van der Waals surface area contributed by atoms with Gasteiger partial charge in [0.2, 0.25) is 0 Å². The Kier molecular flexibility index (Phi) is 5.55. The Morgan fingerprint density at radius 2 is 2.16 bits per heavy atom. The van der Waals surface area contributed by atoms with Gasteiger partial charge in [0.25, 0.3) is 6.47 Å². The van der Waals surface area contributed by atoms with Gasteiger partial charge in [-0.15, -0.1) is 10.2 Å². The monoisotopic (exact) mass is 419 g/mol. The lowest BCUT2D eigenvalue weighted by molar-refractivity contribution is -0.122. The molecule has 0 saturated carbocycles. The van der Waals surface area contributed by atoms with Crippen LogP contribution in [0.2, 0.25) is 0 Å². The van der Waals surface area contributed by atoms with Gasteiger partial charge in [-0.3, -0.25) is 9.78 Å². The van der Waals surface area contributed by atoms with E-state index in [-0.39, 0.29) is 6.47 Å². The van der Waals surface area contributed by atoms with Gasteiger partial charge in [-0.05, 0) is 50.3 Å². The van der Waals surface area contributed by atoms with E-state index in [2.05, 4.69) is 43.0 Å². The molecule has 11 nitrogen and oxygen atoms in total. The van der Waals surface area contributed by atoms with Gasteiger partial charge < -0.3 is 14.6 Å². The molecular formula is C20H21N9O2. The molecule has 1 atom stereocenters. The maximum Gasteiger partial charge on any atom is 0.290 e. The van der Waals surface area contributed by atoms with Crippen molar-refractivity contribution in [2.24, 2.45) is 0 Å². The van der Waals surface area contributed by atoms with Gasteiger partial charge in [0.15, 0.2) is 5.82 Å². The fraction of sp³-hybridized carbons (Fsp3) is 0.350. The molecule has 0 aliphatic carbocycles. The first-order valence-corrected chi connectivity index (χ1v) is 9.74. The lowest BCUT2D eigenvalue weighted by Gasteiger charge is -2.17. The van der Waals surface area contributed by atoms with E-state index < -0.39 is 0 Å². The molecule has 0 bridgehead atoms. The zero-order valence-corrected chi connectivity index (χ0v) is 17.2. The molecule has 158 valence electrons. The Morgan fingerprint density at radius 3 is 2.81 bits per heavy atom. The number of nitriles is 1. The van der Waals surface area contributed by atoms with E-state index in [0.29, 0.717) is 24.0 Å². The Hall–Kier alpha value is -3.91. The standard InChI is InChI=1S/C19H19N9.CH2O2/c1-12-23-25-27(24-12)11-18-22-17-9-21-16-4-3-13(8-20)7-15(16)19(17)28(18)14-5-6-26(2)10-14;2-1-3/h3-4,7,9,14H,5-6,10-11H2,1-2H3;1H,(H,2,3)/t14-;/m1./s1. The molecular weight excluding hydrogens is 398 g/mol. The Morgan fingerprint density at radius 1 is 1.35 bits per heavy atom. The van der Waals surface area contributed by atoms with Crippen LogP contribution in [0.5, 0.6) is 0 Å². The number of fused-ring (bicyclic) bond motifs is 3. The number of pyridine rings is 1. The van der Waals surface area contributed by atoms with Crippen LogP contribution >= 0.6 is 0 Å². The minimum atomic E-state index is -0.250. The number of carboxylic acid groups (broad SMARTS) is 1. The number of hydrogen-bond acceptors (Lipinski definition) is 8. The van der Waals surface area contributed by atoms with Gasteiger partial charge >= 0.3 is 0 Å². The van der Waals surface area contributed by atoms with Crippen LogP contribution in [0, 0.1) is 18.3 Å². The number of likely N-dealkylation sites (N-methyl/N-ethyl adjacent to an activating group) is 1. The van der Waals surface area contributed by atoms with Crippen LogP contribution in [-0.4, -0.2) is 71.4 Å². The number of likely N-dealkylation sites (tertiary alicyclic amines) is 1. The highest BCUT2D eigenvalue weighted by atomic mass is 16.3. The van der Waals surface area contributed by atoms with Gasteiger partial charge in [0.05, 0.1) is 28.9 Å². The second-order valence-electron chi connectivity index (χ2n) is 7.41. The summed E-state index contributed by atoms with van der Waals surface area (Å²) >= 11 is 0. The summed E-state index contributed by atoms with van der Waals surface area (Å²) in [5.41, 5.74) is 3.33. The molecule has 3 aromatic heterocycles. The van der Waals surface area contributed by atoms with Crippen molar-refractivity contribution in [2.75, 3.05) is 20.1 Å². The Bertz CT molecular complexity index is 1290. The average Bonchev–Trinajstić information content (AvgIpc) is 3.46. The number of benzene rings is 1. The fourth-order valence-corrected chi connectivity index (χ4v) is 4.04. The molecule has 1 aliphatic rings. The average molecular weight is 419 g/mol. The first-order chi connectivity index (χ1) is 15.0. The zero-order chi connectivity index (χ0) is 22.0. The number of imidazole rings is 1. The van der Waals surface area contributed by atoms with Crippen LogP contribution in [0.25, 0.3) is 21.9 Å². The number of hydrogen-bond donors (Lipinski definition) is 1. The summed E-state index contributed by atoms with van der Waals surface area (Å²) in [5, 5.41) is 29.6. The van der Waals surface area contributed by atoms with Crippen LogP contribution in [0.15, 0.2) is 24.4 Å². The van der Waals surface area contributed by atoms with Crippen LogP contribution in [-0.2, 0) is 11.3 Å². The highest BCUT2D eigenvalue weighted by Crippen LogP contribution is 2.32. The minimum absolute atomic E-state index is 0.250. The number of nitrogens with zero attached hydrogens (tertiary/aromatic N) is 9. The number of rotatable bonds is 3. The van der Waals surface area contributed by atoms with E-state index in [1.54, 1.807) is 10.9 Å². The molecule has 4 heterocycles. The quantitative estimate of drug-likeness (QED) is 0.488. The summed E-state index contributed by atoms with van der Waals surface area (Å²) in [7, 11) is 2.13. The molecule has 5 rings (SSSR count). The normalized spacial score (nSPS) is 16.2. The maximum absolute atomic E-state index is 9.36. The molecule has 0 unspecified atom stereocenters. The summed E-state index contributed by atoms with van der Waals surface area (Å²) in [6, 6.07) is 8.13. The molecule has 0 radical (unpaired) electrons. The predicted molar refractivity (Wildman–Crippen MR) is 111 cm³/mol. The van der Waals surface area contributed by atoms with E-state index >= 15 is 0 Å². The maximum atomic E-state index is 9.36. The number of carbonyl (C=O) groups is 1. The van der Waals surface area contributed by atoms with Gasteiger partial charge in [0, 0.05) is 18.0 Å². The summed E-state index contributed by atoms with van der Waals surface area (Å²) < 4.78 is 2.29. The second kappa shape index (κ2) is 8.45. The van der Waals surface area contributed by atoms with Crippen molar-refractivity contribution in [1.82, 2.24) is 39.6 Å². The molecule has 1 N–H and O–H groups in total. The van der Waals surface area contributed by atoms with Crippen LogP contribution in [0.4, 0.5) is 0 Å². The Labute approximate surface area is 177 Å². The molecule has 31 heavy (non-hydrogen) atoms. The number of aromatic nitrogens is 7. The molecule has 1 aliphatic heterocycles. The third-order valence-corrected chi connectivity index (χ3v) is 5.29. The third-order valence-electron chi connectivity index (χ3n) is 5.29. The van der Waals surface area contributed by atoms with Crippen LogP contribution in [0.1, 0.15) is 29.7 Å². The van der Waals surface area contributed by atoms with Gasteiger partial charge in [-0.25, -0.2) is 4.98 Å². The third kappa shape index (κ3) is 3.93. The van der Waals surface area contributed by atoms with Crippen molar-refractivity contribution in [3.63, 3.8) is 0 Å². The fourth-order valence-electron chi connectivity index (χ4n) is 4.04. The molecule has 0 amide bonds. The van der Waals surface area contributed by atoms with E-state index in [0.717, 1.165) is 47.3 Å². The van der Waals surface area contributed by atoms with E-state index in [1.165, 1.54) is 0 Å². The van der Waals surface area contributed by atoms with Crippen LogP contribution < -0.4 is 0 Å². The van der Waals surface area contributed by atoms with Crippen molar-refractivity contribution in [3.8, 4) is 6.07 Å². The molecule has 0 spiro atoms. The molecule has 4 aromatic rings. The van der Waals surface area contributed by atoms with Crippen molar-refractivity contribution in [2.45, 2.75) is 25.9 Å². The van der Waals surface area contributed by atoms with Crippen LogP contribution in [0.3, 0.4) is 0 Å². The molecule has 1 aromatic carbocycles. The first kappa shape index (κ1) is 20.4. The molecule has 1 fully saturated rings. The second-order valence-corrected chi connectivity index (χ2v) is 7.41. The van der Waals surface area contributed by atoms with Crippen molar-refractivity contribution >= 4 is 28.4 Å². The largest absolute Gasteiger partial charge is 0.483 e. The highest BCUT2D eigenvalue weighted by Gasteiger charge is 2.27. The van der Waals surface area contributed by atoms with Gasteiger partial charge in [-0.1, -0.05) is 0 Å². The van der Waals surface area contributed by atoms with Crippen molar-refractivity contribution < 1.29 is 9.90 Å². The van der Waals surface area contributed by atoms with E-state index in [4.69, 9.17) is 14.9 Å². The summed E-state index contributed by atoms with van der Waals surface area (Å²) in [5.74, 6) is 1.51. The zero-order valence-electron chi connectivity index (χ0n) is 17.2. The minimum Gasteiger partial charge on any atom is -0.483 e. The van der Waals surface area contributed by atoms with Crippen molar-refractivity contribution in [1.29, 1.82) is 5.26 Å². The van der Waals surface area contributed by atoms with Crippen molar-refractivity contribution in [3.05, 3.63) is 41.6 Å². The van der Waals surface area contributed by atoms with E-state index in [1.807, 2.05) is 25.3 Å². The number of aryl methyl sites for hydroxylation is 1. The SMILES string of the molecule is Cc1nnn(Cc2nc3cnc4ccc(C#N)cc4c3n2[C@@H]2CCN(C)C2)n1.O=CO. The van der Waals surface area contributed by atoms with E-state index in [9.17, 15) is 5.26 Å². The number of tetrazole rings is 1. The summed E-state index contributed by atoms with van der Waals surface area (Å²) in [6.45, 7) is 4.00. The van der Waals surface area contributed by atoms with Gasteiger partial charge in [0.1, 0.15) is 17.9 Å². The lowest BCUT2D eigenvalue weighted by Crippen LogP contribution is -2.19.